The van der Waals surface area contributed by atoms with Gasteiger partial charge in [0.15, 0.2) is 0 Å². The van der Waals surface area contributed by atoms with Crippen molar-refractivity contribution in [1.82, 2.24) is 10.2 Å². The van der Waals surface area contributed by atoms with E-state index in [-0.39, 0.29) is 17.5 Å². The summed E-state index contributed by atoms with van der Waals surface area (Å²) in [5, 5.41) is 6.11. The van der Waals surface area contributed by atoms with Crippen LogP contribution < -0.4 is 10.6 Å². The molecular weight excluding hydrogens is 394 g/mol. The number of anilines is 1. The summed E-state index contributed by atoms with van der Waals surface area (Å²) in [4.78, 5) is 15.0. The number of nitrogens with one attached hydrogen (secondary N) is 2. The first-order valence-corrected chi connectivity index (χ1v) is 11.8. The summed E-state index contributed by atoms with van der Waals surface area (Å²) in [6, 6.07) is 27.9. The van der Waals surface area contributed by atoms with Crippen LogP contribution in [0.3, 0.4) is 0 Å². The first-order chi connectivity index (χ1) is 15.7. The van der Waals surface area contributed by atoms with Gasteiger partial charge in [0.2, 0.25) is 0 Å². The summed E-state index contributed by atoms with van der Waals surface area (Å²) >= 11 is 0. The van der Waals surface area contributed by atoms with Gasteiger partial charge in [0.05, 0.1) is 0 Å². The average Bonchev–Trinajstić information content (AvgIpc) is 3.33. The molecule has 6 rings (SSSR count). The van der Waals surface area contributed by atoms with Gasteiger partial charge in [-0.2, -0.15) is 0 Å². The van der Waals surface area contributed by atoms with Crippen molar-refractivity contribution in [3.05, 3.63) is 101 Å². The number of piperidine rings is 1. The highest BCUT2D eigenvalue weighted by Crippen LogP contribution is 2.60. The van der Waals surface area contributed by atoms with E-state index in [4.69, 9.17) is 0 Å². The highest BCUT2D eigenvalue weighted by Gasteiger charge is 2.53. The monoisotopic (exact) mass is 423 g/mol. The number of hydrogen-bond donors (Lipinski definition) is 2. The molecule has 2 aliphatic carbocycles. The third-order valence-electron chi connectivity index (χ3n) is 7.70. The maximum absolute atomic E-state index is 12.4. The Bertz CT molecular complexity index is 1090. The van der Waals surface area contributed by atoms with Gasteiger partial charge in [-0.3, -0.25) is 0 Å². The van der Waals surface area contributed by atoms with E-state index in [2.05, 4.69) is 64.1 Å². The molecule has 1 fully saturated rings. The van der Waals surface area contributed by atoms with Crippen LogP contribution in [-0.2, 0) is 5.41 Å². The minimum atomic E-state index is -0.106. The zero-order valence-corrected chi connectivity index (χ0v) is 18.3. The molecular formula is C28H29N3O. The molecule has 0 saturated carbocycles. The maximum Gasteiger partial charge on any atom is 0.319 e. The molecule has 3 aromatic rings. The minimum Gasteiger partial charge on any atom is -0.335 e. The molecule has 3 aromatic carbocycles. The standard InChI is InChI=1S/C28H29N3O/c32-27(29-20-8-2-1-3-9-20)30-21-14-16-31(17-15-21)19-28-18-24(22-10-4-6-12-25(22)28)23-11-5-7-13-26(23)28/h1-13,21,24H,14-19H2,(H2,29,30,32). The number of rotatable bonds is 4. The molecule has 0 radical (unpaired) electrons. The number of urea groups is 1. The van der Waals surface area contributed by atoms with E-state index in [1.165, 1.54) is 28.7 Å². The first kappa shape index (κ1) is 19.6. The van der Waals surface area contributed by atoms with E-state index < -0.39 is 0 Å². The molecule has 1 heterocycles. The van der Waals surface area contributed by atoms with Crippen molar-refractivity contribution in [2.45, 2.75) is 36.6 Å². The Hall–Kier alpha value is -3.11. The van der Waals surface area contributed by atoms with Crippen LogP contribution in [0.1, 0.15) is 47.4 Å². The number of carbonyl (C=O) groups is 1. The smallest absolute Gasteiger partial charge is 0.319 e. The van der Waals surface area contributed by atoms with Gasteiger partial charge in [-0.1, -0.05) is 66.7 Å². The molecule has 0 atom stereocenters. The van der Waals surface area contributed by atoms with Crippen LogP contribution in [0.2, 0.25) is 0 Å². The Balaban J connectivity index is 1.13. The topological polar surface area (TPSA) is 44.4 Å². The fraction of sp³-hybridized carbons (Fsp3) is 0.321. The first-order valence-electron chi connectivity index (χ1n) is 11.8. The Morgan fingerprint density at radius 1 is 0.844 bits per heavy atom. The fourth-order valence-electron chi connectivity index (χ4n) is 6.30. The molecule has 0 aromatic heterocycles. The highest BCUT2D eigenvalue weighted by molar-refractivity contribution is 5.89. The number of amides is 2. The summed E-state index contributed by atoms with van der Waals surface area (Å²) in [6.45, 7) is 3.11. The summed E-state index contributed by atoms with van der Waals surface area (Å²) in [5.74, 6) is 0.545. The third kappa shape index (κ3) is 3.21. The van der Waals surface area contributed by atoms with Gasteiger partial charge in [0.25, 0.3) is 0 Å². The van der Waals surface area contributed by atoms with Gasteiger partial charge in [-0.15, -0.1) is 0 Å². The molecule has 3 aliphatic rings. The number of nitrogens with zero attached hydrogens (tertiary/aromatic N) is 1. The van der Waals surface area contributed by atoms with Crippen LogP contribution in [-0.4, -0.2) is 36.6 Å². The van der Waals surface area contributed by atoms with Gasteiger partial charge >= 0.3 is 6.03 Å². The van der Waals surface area contributed by atoms with Gasteiger partial charge in [-0.05, 0) is 53.6 Å². The van der Waals surface area contributed by atoms with Crippen molar-refractivity contribution in [3.63, 3.8) is 0 Å². The number of likely N-dealkylation sites (tertiary alicyclic amines) is 1. The van der Waals surface area contributed by atoms with Crippen LogP contribution in [0.4, 0.5) is 10.5 Å². The largest absolute Gasteiger partial charge is 0.335 e. The zero-order chi connectivity index (χ0) is 21.5. The Labute approximate surface area is 189 Å². The Morgan fingerprint density at radius 3 is 2.09 bits per heavy atom. The van der Waals surface area contributed by atoms with E-state index in [0.717, 1.165) is 38.2 Å². The molecule has 4 heteroatoms. The van der Waals surface area contributed by atoms with Crippen molar-refractivity contribution in [2.75, 3.05) is 25.0 Å². The Kier molecular flexibility index (Phi) is 4.76. The van der Waals surface area contributed by atoms with E-state index in [1.54, 1.807) is 0 Å². The molecule has 2 bridgehead atoms. The second kappa shape index (κ2) is 7.79. The van der Waals surface area contributed by atoms with Crippen molar-refractivity contribution in [1.29, 1.82) is 0 Å². The van der Waals surface area contributed by atoms with Crippen LogP contribution in [0, 0.1) is 0 Å². The highest BCUT2D eigenvalue weighted by atomic mass is 16.2. The van der Waals surface area contributed by atoms with Crippen molar-refractivity contribution < 1.29 is 4.79 Å². The van der Waals surface area contributed by atoms with Crippen LogP contribution in [0.15, 0.2) is 78.9 Å². The third-order valence-corrected chi connectivity index (χ3v) is 7.70. The number of benzene rings is 3. The van der Waals surface area contributed by atoms with E-state index in [9.17, 15) is 4.79 Å². The summed E-state index contributed by atoms with van der Waals surface area (Å²) in [5.41, 5.74) is 7.07. The lowest BCUT2D eigenvalue weighted by Crippen LogP contribution is -2.49. The summed E-state index contributed by atoms with van der Waals surface area (Å²) in [7, 11) is 0. The van der Waals surface area contributed by atoms with Gasteiger partial charge < -0.3 is 15.5 Å². The summed E-state index contributed by atoms with van der Waals surface area (Å²) < 4.78 is 0. The molecule has 1 aliphatic heterocycles. The molecule has 4 nitrogen and oxygen atoms in total. The number of fused-ring (bicyclic) bond motifs is 8. The lowest BCUT2D eigenvalue weighted by molar-refractivity contribution is 0.171. The second-order valence-electron chi connectivity index (χ2n) is 9.53. The second-order valence-corrected chi connectivity index (χ2v) is 9.53. The Morgan fingerprint density at radius 2 is 1.44 bits per heavy atom. The molecule has 2 amide bonds. The molecule has 162 valence electrons. The van der Waals surface area contributed by atoms with Crippen LogP contribution in [0.25, 0.3) is 0 Å². The van der Waals surface area contributed by atoms with Crippen LogP contribution in [0.5, 0.6) is 0 Å². The molecule has 0 spiro atoms. The minimum absolute atomic E-state index is 0.106. The van der Waals surface area contributed by atoms with Crippen LogP contribution >= 0.6 is 0 Å². The van der Waals surface area contributed by atoms with Crippen molar-refractivity contribution in [2.24, 2.45) is 0 Å². The number of para-hydroxylation sites is 1. The number of carbonyl (C=O) groups excluding carboxylic acids is 1. The zero-order valence-electron chi connectivity index (χ0n) is 18.3. The molecule has 32 heavy (non-hydrogen) atoms. The van der Waals surface area contributed by atoms with Crippen molar-refractivity contribution in [3.8, 4) is 0 Å². The molecule has 0 unspecified atom stereocenters. The molecule has 2 N–H and O–H groups in total. The van der Waals surface area contributed by atoms with E-state index >= 15 is 0 Å². The van der Waals surface area contributed by atoms with E-state index in [0.29, 0.717) is 5.92 Å². The average molecular weight is 424 g/mol. The fourth-order valence-corrected chi connectivity index (χ4v) is 6.30. The van der Waals surface area contributed by atoms with Gasteiger partial charge in [0, 0.05) is 42.7 Å². The predicted octanol–water partition coefficient (Wildman–Crippen LogP) is 5.11. The normalized spacial score (nSPS) is 24.1. The van der Waals surface area contributed by atoms with Gasteiger partial charge in [0.1, 0.15) is 0 Å². The predicted molar refractivity (Wildman–Crippen MR) is 128 cm³/mol. The summed E-state index contributed by atoms with van der Waals surface area (Å²) in [6.07, 6.45) is 3.18. The lowest BCUT2D eigenvalue weighted by atomic mass is 9.74. The number of hydrogen-bond acceptors (Lipinski definition) is 2. The quantitative estimate of drug-likeness (QED) is 0.613. The van der Waals surface area contributed by atoms with E-state index in [1.807, 2.05) is 30.3 Å². The lowest BCUT2D eigenvalue weighted by Gasteiger charge is -2.40. The van der Waals surface area contributed by atoms with Crippen molar-refractivity contribution >= 4 is 11.7 Å². The maximum atomic E-state index is 12.4. The molecule has 1 saturated heterocycles. The van der Waals surface area contributed by atoms with Gasteiger partial charge in [-0.25, -0.2) is 4.79 Å². The SMILES string of the molecule is O=C(Nc1ccccc1)NC1CCN(CC23CC(c4ccccc42)c2ccccc23)CC1.